The number of hydrogen-bond donors (Lipinski definition) is 1. The van der Waals surface area contributed by atoms with Crippen LogP contribution >= 0.6 is 11.3 Å². The Balaban J connectivity index is 1.70. The maximum absolute atomic E-state index is 4.43. The standard InChI is InChI=1S/C17H22N2S/c1-12(15-8-5-6-10-18-15)19-13(2)17-11-14-7-3-4-9-16(14)20-17/h5-6,8,10-13,19H,3-4,7,9H2,1-2H3. The second kappa shape index (κ2) is 6.06. The molecule has 2 aromatic rings. The molecule has 106 valence electrons. The summed E-state index contributed by atoms with van der Waals surface area (Å²) in [6.45, 7) is 4.45. The van der Waals surface area contributed by atoms with Gasteiger partial charge in [0.15, 0.2) is 0 Å². The number of fused-ring (bicyclic) bond motifs is 1. The Morgan fingerprint density at radius 3 is 2.75 bits per heavy atom. The van der Waals surface area contributed by atoms with Crippen molar-refractivity contribution >= 4 is 11.3 Å². The minimum Gasteiger partial charge on any atom is -0.301 e. The maximum Gasteiger partial charge on any atom is 0.0570 e. The van der Waals surface area contributed by atoms with Crippen LogP contribution in [0.5, 0.6) is 0 Å². The summed E-state index contributed by atoms with van der Waals surface area (Å²) in [7, 11) is 0. The van der Waals surface area contributed by atoms with Crippen LogP contribution in [0, 0.1) is 0 Å². The van der Waals surface area contributed by atoms with E-state index in [4.69, 9.17) is 0 Å². The lowest BCUT2D eigenvalue weighted by Crippen LogP contribution is -2.22. The molecule has 3 rings (SSSR count). The van der Waals surface area contributed by atoms with Gasteiger partial charge in [-0.25, -0.2) is 0 Å². The highest BCUT2D eigenvalue weighted by molar-refractivity contribution is 7.12. The quantitative estimate of drug-likeness (QED) is 0.899. The summed E-state index contributed by atoms with van der Waals surface area (Å²) in [6, 6.07) is 9.20. The predicted molar refractivity (Wildman–Crippen MR) is 85.2 cm³/mol. The van der Waals surface area contributed by atoms with Crippen LogP contribution in [-0.4, -0.2) is 4.98 Å². The molecule has 2 unspecified atom stereocenters. The summed E-state index contributed by atoms with van der Waals surface area (Å²) in [4.78, 5) is 7.52. The van der Waals surface area contributed by atoms with Crippen molar-refractivity contribution in [3.05, 3.63) is 51.5 Å². The van der Waals surface area contributed by atoms with Crippen LogP contribution in [0.4, 0.5) is 0 Å². The molecule has 0 saturated carbocycles. The second-order valence-corrected chi connectivity index (χ2v) is 6.84. The van der Waals surface area contributed by atoms with Gasteiger partial charge >= 0.3 is 0 Å². The molecular formula is C17H22N2S. The highest BCUT2D eigenvalue weighted by Crippen LogP contribution is 2.33. The number of aryl methyl sites for hydroxylation is 2. The van der Waals surface area contributed by atoms with Gasteiger partial charge in [0, 0.05) is 28.0 Å². The first-order valence-corrected chi connectivity index (χ1v) is 8.34. The summed E-state index contributed by atoms with van der Waals surface area (Å²) < 4.78 is 0. The molecule has 0 amide bonds. The fraction of sp³-hybridized carbons (Fsp3) is 0.471. The monoisotopic (exact) mass is 286 g/mol. The van der Waals surface area contributed by atoms with Gasteiger partial charge in [-0.15, -0.1) is 11.3 Å². The first kappa shape index (κ1) is 13.8. The number of aromatic nitrogens is 1. The van der Waals surface area contributed by atoms with Crippen molar-refractivity contribution in [2.24, 2.45) is 0 Å². The third-order valence-electron chi connectivity index (χ3n) is 4.07. The van der Waals surface area contributed by atoms with E-state index in [2.05, 4.69) is 42.3 Å². The van der Waals surface area contributed by atoms with Crippen molar-refractivity contribution < 1.29 is 0 Å². The molecule has 3 heteroatoms. The molecule has 0 fully saturated rings. The molecule has 0 bridgehead atoms. The summed E-state index contributed by atoms with van der Waals surface area (Å²) in [6.07, 6.45) is 7.13. The molecule has 0 saturated heterocycles. The average molecular weight is 286 g/mol. The third-order valence-corrected chi connectivity index (χ3v) is 5.49. The van der Waals surface area contributed by atoms with E-state index in [0.717, 1.165) is 5.69 Å². The Morgan fingerprint density at radius 2 is 2.00 bits per heavy atom. The molecule has 20 heavy (non-hydrogen) atoms. The van der Waals surface area contributed by atoms with E-state index in [1.807, 2.05) is 23.6 Å². The zero-order chi connectivity index (χ0) is 13.9. The van der Waals surface area contributed by atoms with E-state index >= 15 is 0 Å². The topological polar surface area (TPSA) is 24.9 Å². The fourth-order valence-electron chi connectivity index (χ4n) is 2.90. The molecule has 1 N–H and O–H groups in total. The zero-order valence-electron chi connectivity index (χ0n) is 12.2. The smallest absolute Gasteiger partial charge is 0.0570 e. The Hall–Kier alpha value is -1.19. The molecule has 0 aliphatic heterocycles. The summed E-state index contributed by atoms with van der Waals surface area (Å²) in [5.74, 6) is 0. The summed E-state index contributed by atoms with van der Waals surface area (Å²) in [5, 5.41) is 3.67. The zero-order valence-corrected chi connectivity index (χ0v) is 13.0. The average Bonchev–Trinajstić information content (AvgIpc) is 2.92. The number of pyridine rings is 1. The Kier molecular flexibility index (Phi) is 4.18. The van der Waals surface area contributed by atoms with Gasteiger partial charge in [-0.2, -0.15) is 0 Å². The van der Waals surface area contributed by atoms with Crippen molar-refractivity contribution in [3.8, 4) is 0 Å². The van der Waals surface area contributed by atoms with Crippen molar-refractivity contribution in [1.82, 2.24) is 10.3 Å². The van der Waals surface area contributed by atoms with Gasteiger partial charge in [-0.3, -0.25) is 4.98 Å². The molecule has 0 radical (unpaired) electrons. The van der Waals surface area contributed by atoms with Crippen LogP contribution in [0.3, 0.4) is 0 Å². The van der Waals surface area contributed by atoms with Crippen LogP contribution < -0.4 is 5.32 Å². The van der Waals surface area contributed by atoms with Gasteiger partial charge in [-0.1, -0.05) is 6.07 Å². The van der Waals surface area contributed by atoms with Crippen molar-refractivity contribution in [3.63, 3.8) is 0 Å². The molecule has 2 heterocycles. The number of nitrogens with one attached hydrogen (secondary N) is 1. The Labute approximate surface area is 125 Å². The first-order chi connectivity index (χ1) is 9.74. The molecule has 0 aromatic carbocycles. The van der Waals surface area contributed by atoms with E-state index in [0.29, 0.717) is 6.04 Å². The minimum absolute atomic E-state index is 0.283. The molecule has 2 nitrogen and oxygen atoms in total. The normalized spacial score (nSPS) is 17.5. The summed E-state index contributed by atoms with van der Waals surface area (Å²) in [5.41, 5.74) is 2.70. The van der Waals surface area contributed by atoms with Gasteiger partial charge in [-0.05, 0) is 63.3 Å². The predicted octanol–water partition coefficient (Wildman–Crippen LogP) is 4.43. The van der Waals surface area contributed by atoms with E-state index < -0.39 is 0 Å². The molecule has 1 aliphatic rings. The third kappa shape index (κ3) is 2.94. The lowest BCUT2D eigenvalue weighted by atomic mass is 9.99. The van der Waals surface area contributed by atoms with E-state index in [1.165, 1.54) is 30.6 Å². The first-order valence-electron chi connectivity index (χ1n) is 7.52. The largest absolute Gasteiger partial charge is 0.301 e. The fourth-order valence-corrected chi connectivity index (χ4v) is 4.17. The molecule has 0 spiro atoms. The van der Waals surface area contributed by atoms with Gasteiger partial charge in [0.1, 0.15) is 0 Å². The Bertz CT molecular complexity index is 538. The highest BCUT2D eigenvalue weighted by Gasteiger charge is 2.18. The van der Waals surface area contributed by atoms with Gasteiger partial charge in [0.2, 0.25) is 0 Å². The molecular weight excluding hydrogens is 264 g/mol. The SMILES string of the molecule is CC(NC(C)c1cc2c(s1)CCCC2)c1ccccn1. The van der Waals surface area contributed by atoms with Gasteiger partial charge < -0.3 is 5.32 Å². The van der Waals surface area contributed by atoms with Gasteiger partial charge in [0.25, 0.3) is 0 Å². The van der Waals surface area contributed by atoms with Crippen LogP contribution in [0.15, 0.2) is 30.5 Å². The molecule has 2 aromatic heterocycles. The van der Waals surface area contributed by atoms with E-state index in [-0.39, 0.29) is 6.04 Å². The van der Waals surface area contributed by atoms with E-state index in [1.54, 1.807) is 10.4 Å². The number of hydrogen-bond acceptors (Lipinski definition) is 3. The van der Waals surface area contributed by atoms with Crippen LogP contribution in [0.25, 0.3) is 0 Å². The van der Waals surface area contributed by atoms with Crippen molar-refractivity contribution in [2.75, 3.05) is 0 Å². The second-order valence-electron chi connectivity index (χ2n) is 5.67. The highest BCUT2D eigenvalue weighted by atomic mass is 32.1. The van der Waals surface area contributed by atoms with Crippen molar-refractivity contribution in [2.45, 2.75) is 51.6 Å². The minimum atomic E-state index is 0.283. The number of rotatable bonds is 4. The lowest BCUT2D eigenvalue weighted by molar-refractivity contribution is 0.491. The molecule has 2 atom stereocenters. The van der Waals surface area contributed by atoms with Crippen molar-refractivity contribution in [1.29, 1.82) is 0 Å². The summed E-state index contributed by atoms with van der Waals surface area (Å²) >= 11 is 2.00. The van der Waals surface area contributed by atoms with Crippen LogP contribution in [0.2, 0.25) is 0 Å². The van der Waals surface area contributed by atoms with Crippen LogP contribution in [-0.2, 0) is 12.8 Å². The number of nitrogens with zero attached hydrogens (tertiary/aromatic N) is 1. The van der Waals surface area contributed by atoms with Crippen LogP contribution in [0.1, 0.15) is 59.8 Å². The van der Waals surface area contributed by atoms with E-state index in [9.17, 15) is 0 Å². The number of thiophene rings is 1. The van der Waals surface area contributed by atoms with Gasteiger partial charge in [0.05, 0.1) is 5.69 Å². The molecule has 1 aliphatic carbocycles. The maximum atomic E-state index is 4.43. The Morgan fingerprint density at radius 1 is 1.15 bits per heavy atom. The lowest BCUT2D eigenvalue weighted by Gasteiger charge is -2.18.